The predicted molar refractivity (Wildman–Crippen MR) is 67.3 cm³/mol. The molecule has 0 atom stereocenters. The van der Waals surface area contributed by atoms with Crippen LogP contribution in [0.3, 0.4) is 0 Å². The minimum atomic E-state index is 0.979. The number of aliphatic imine (C=N–C) groups is 1. The molecule has 16 heavy (non-hydrogen) atoms. The Morgan fingerprint density at radius 3 is 2.50 bits per heavy atom. The molecule has 0 saturated heterocycles. The summed E-state index contributed by atoms with van der Waals surface area (Å²) in [4.78, 5) is 8.63. The number of nitrogens with zero attached hydrogens (tertiary/aromatic N) is 2. The van der Waals surface area contributed by atoms with E-state index in [1.807, 2.05) is 37.4 Å². The van der Waals surface area contributed by atoms with Crippen molar-refractivity contribution in [2.75, 3.05) is 0 Å². The SMILES string of the molecule is CC(=Nc1ccc(C)cc1)c1cccnc1. The van der Waals surface area contributed by atoms with Gasteiger partial charge in [-0.15, -0.1) is 0 Å². The van der Waals surface area contributed by atoms with E-state index in [-0.39, 0.29) is 0 Å². The van der Waals surface area contributed by atoms with Crippen molar-refractivity contribution in [3.8, 4) is 0 Å². The number of pyridine rings is 1. The second kappa shape index (κ2) is 4.71. The Labute approximate surface area is 95.7 Å². The normalized spacial score (nSPS) is 11.5. The van der Waals surface area contributed by atoms with Crippen molar-refractivity contribution in [1.82, 2.24) is 4.98 Å². The summed E-state index contributed by atoms with van der Waals surface area (Å²) in [5.41, 5.74) is 4.27. The zero-order valence-corrected chi connectivity index (χ0v) is 9.51. The molecule has 2 rings (SSSR count). The number of benzene rings is 1. The van der Waals surface area contributed by atoms with Gasteiger partial charge < -0.3 is 0 Å². The van der Waals surface area contributed by atoms with Gasteiger partial charge in [0.15, 0.2) is 0 Å². The highest BCUT2D eigenvalue weighted by atomic mass is 14.7. The Balaban J connectivity index is 2.28. The van der Waals surface area contributed by atoms with Crippen LogP contribution in [0.2, 0.25) is 0 Å². The quantitative estimate of drug-likeness (QED) is 0.696. The second-order valence-electron chi connectivity index (χ2n) is 3.77. The molecule has 0 aliphatic carbocycles. The molecule has 0 amide bonds. The largest absolute Gasteiger partial charge is 0.264 e. The molecule has 2 aromatic rings. The molecular formula is C14H14N2. The number of rotatable bonds is 2. The van der Waals surface area contributed by atoms with Gasteiger partial charge in [0.05, 0.1) is 5.69 Å². The van der Waals surface area contributed by atoms with E-state index in [0.717, 1.165) is 17.0 Å². The van der Waals surface area contributed by atoms with Gasteiger partial charge in [0.2, 0.25) is 0 Å². The predicted octanol–water partition coefficient (Wildman–Crippen LogP) is 3.53. The van der Waals surface area contributed by atoms with Crippen LogP contribution in [0.25, 0.3) is 0 Å². The van der Waals surface area contributed by atoms with Crippen LogP contribution < -0.4 is 0 Å². The van der Waals surface area contributed by atoms with Crippen molar-refractivity contribution in [2.24, 2.45) is 4.99 Å². The van der Waals surface area contributed by atoms with Crippen molar-refractivity contribution in [2.45, 2.75) is 13.8 Å². The highest BCUT2D eigenvalue weighted by Crippen LogP contribution is 2.14. The summed E-state index contributed by atoms with van der Waals surface area (Å²) in [7, 11) is 0. The summed E-state index contributed by atoms with van der Waals surface area (Å²) in [6, 6.07) is 12.1. The molecule has 2 heteroatoms. The average Bonchev–Trinajstić information content (AvgIpc) is 2.33. The third kappa shape index (κ3) is 2.54. The molecule has 0 spiro atoms. The molecule has 0 aliphatic heterocycles. The van der Waals surface area contributed by atoms with E-state index < -0.39 is 0 Å². The van der Waals surface area contributed by atoms with Gasteiger partial charge in [-0.2, -0.15) is 0 Å². The van der Waals surface area contributed by atoms with Crippen LogP contribution in [0.1, 0.15) is 18.1 Å². The van der Waals surface area contributed by atoms with Gasteiger partial charge in [-0.3, -0.25) is 9.98 Å². The first-order chi connectivity index (χ1) is 7.75. The van der Waals surface area contributed by atoms with Crippen LogP contribution in [-0.4, -0.2) is 10.7 Å². The minimum absolute atomic E-state index is 0.979. The maximum absolute atomic E-state index is 4.55. The summed E-state index contributed by atoms with van der Waals surface area (Å²) >= 11 is 0. The first-order valence-corrected chi connectivity index (χ1v) is 5.28. The lowest BCUT2D eigenvalue weighted by atomic mass is 10.2. The van der Waals surface area contributed by atoms with Gasteiger partial charge in [0, 0.05) is 23.7 Å². The maximum atomic E-state index is 4.55. The molecule has 0 saturated carbocycles. The van der Waals surface area contributed by atoms with Gasteiger partial charge in [-0.1, -0.05) is 23.8 Å². The lowest BCUT2D eigenvalue weighted by Crippen LogP contribution is -1.93. The van der Waals surface area contributed by atoms with Gasteiger partial charge in [0.1, 0.15) is 0 Å². The van der Waals surface area contributed by atoms with Crippen LogP contribution >= 0.6 is 0 Å². The monoisotopic (exact) mass is 210 g/mol. The zero-order valence-electron chi connectivity index (χ0n) is 9.51. The average molecular weight is 210 g/mol. The van der Waals surface area contributed by atoms with Crippen LogP contribution in [0.15, 0.2) is 53.8 Å². The molecule has 0 bridgehead atoms. The fourth-order valence-electron chi connectivity index (χ4n) is 1.45. The van der Waals surface area contributed by atoms with Crippen molar-refractivity contribution in [3.05, 3.63) is 59.9 Å². The summed E-state index contributed by atoms with van der Waals surface area (Å²) in [6.07, 6.45) is 3.59. The smallest absolute Gasteiger partial charge is 0.0633 e. The number of aromatic nitrogens is 1. The fraction of sp³-hybridized carbons (Fsp3) is 0.143. The Hall–Kier alpha value is -1.96. The van der Waals surface area contributed by atoms with Crippen molar-refractivity contribution in [3.63, 3.8) is 0 Å². The molecule has 0 aliphatic rings. The molecule has 0 radical (unpaired) electrons. The number of hydrogen-bond acceptors (Lipinski definition) is 2. The molecule has 2 nitrogen and oxygen atoms in total. The van der Waals surface area contributed by atoms with Gasteiger partial charge in [0.25, 0.3) is 0 Å². The van der Waals surface area contributed by atoms with Crippen molar-refractivity contribution >= 4 is 11.4 Å². The highest BCUT2D eigenvalue weighted by Gasteiger charge is 1.96. The summed E-state index contributed by atoms with van der Waals surface area (Å²) in [5, 5.41) is 0. The summed E-state index contributed by atoms with van der Waals surface area (Å²) in [5.74, 6) is 0. The van der Waals surface area contributed by atoms with E-state index in [1.54, 1.807) is 6.20 Å². The van der Waals surface area contributed by atoms with E-state index in [9.17, 15) is 0 Å². The first kappa shape index (κ1) is 10.6. The fourth-order valence-corrected chi connectivity index (χ4v) is 1.45. The van der Waals surface area contributed by atoms with Crippen LogP contribution in [0, 0.1) is 6.92 Å². The van der Waals surface area contributed by atoms with Gasteiger partial charge >= 0.3 is 0 Å². The van der Waals surface area contributed by atoms with E-state index in [4.69, 9.17) is 0 Å². The van der Waals surface area contributed by atoms with Crippen molar-refractivity contribution in [1.29, 1.82) is 0 Å². The Kier molecular flexibility index (Phi) is 3.10. The highest BCUT2D eigenvalue weighted by molar-refractivity contribution is 5.99. The Morgan fingerprint density at radius 2 is 1.88 bits per heavy atom. The van der Waals surface area contributed by atoms with E-state index in [0.29, 0.717) is 0 Å². The lowest BCUT2D eigenvalue weighted by Gasteiger charge is -2.00. The topological polar surface area (TPSA) is 25.2 Å². The molecule has 1 aromatic carbocycles. The second-order valence-corrected chi connectivity index (χ2v) is 3.77. The number of aryl methyl sites for hydroxylation is 1. The maximum Gasteiger partial charge on any atom is 0.0633 e. The summed E-state index contributed by atoms with van der Waals surface area (Å²) in [6.45, 7) is 4.07. The molecular weight excluding hydrogens is 196 g/mol. The van der Waals surface area contributed by atoms with Gasteiger partial charge in [-0.05, 0) is 32.0 Å². The van der Waals surface area contributed by atoms with Crippen molar-refractivity contribution < 1.29 is 0 Å². The first-order valence-electron chi connectivity index (χ1n) is 5.28. The van der Waals surface area contributed by atoms with Crippen LogP contribution in [0.4, 0.5) is 5.69 Å². The lowest BCUT2D eigenvalue weighted by molar-refractivity contribution is 1.31. The van der Waals surface area contributed by atoms with E-state index in [1.165, 1.54) is 5.56 Å². The molecule has 0 unspecified atom stereocenters. The molecule has 0 fully saturated rings. The van der Waals surface area contributed by atoms with Crippen LogP contribution in [0.5, 0.6) is 0 Å². The van der Waals surface area contributed by atoms with Gasteiger partial charge in [-0.25, -0.2) is 0 Å². The number of hydrogen-bond donors (Lipinski definition) is 0. The summed E-state index contributed by atoms with van der Waals surface area (Å²) < 4.78 is 0. The third-order valence-electron chi connectivity index (χ3n) is 2.41. The Bertz CT molecular complexity index is 484. The molecule has 1 heterocycles. The molecule has 80 valence electrons. The minimum Gasteiger partial charge on any atom is -0.264 e. The third-order valence-corrected chi connectivity index (χ3v) is 2.41. The Morgan fingerprint density at radius 1 is 1.12 bits per heavy atom. The standard InChI is InChI=1S/C14H14N2/c1-11-5-7-14(8-6-11)16-12(2)13-4-3-9-15-10-13/h3-10H,1-2H3. The van der Waals surface area contributed by atoms with E-state index in [2.05, 4.69) is 29.0 Å². The molecule has 0 N–H and O–H groups in total. The van der Waals surface area contributed by atoms with Crippen LogP contribution in [-0.2, 0) is 0 Å². The van der Waals surface area contributed by atoms with E-state index >= 15 is 0 Å². The zero-order chi connectivity index (χ0) is 11.4. The molecule has 1 aromatic heterocycles.